The molecule has 0 spiro atoms. The number of anilines is 1. The Hall–Kier alpha value is -1.56. The molecule has 4 nitrogen and oxygen atoms in total. The van der Waals surface area contributed by atoms with Crippen LogP contribution in [-0.4, -0.2) is 28.0 Å². The Morgan fingerprint density at radius 1 is 1.37 bits per heavy atom. The van der Waals surface area contributed by atoms with Gasteiger partial charge in [-0.05, 0) is 36.8 Å². The van der Waals surface area contributed by atoms with Crippen molar-refractivity contribution in [2.24, 2.45) is 0 Å². The fraction of sp³-hybridized carbons (Fsp3) is 0.385. The Labute approximate surface area is 114 Å². The van der Waals surface area contributed by atoms with Crippen molar-refractivity contribution in [2.45, 2.75) is 24.5 Å². The predicted octanol–water partition coefficient (Wildman–Crippen LogP) is 2.75. The molecular weight excluding hydrogens is 269 g/mol. The van der Waals surface area contributed by atoms with Gasteiger partial charge in [0.05, 0.1) is 16.5 Å². The molecule has 6 heteroatoms. The topological polar surface area (TPSA) is 66.4 Å². The summed E-state index contributed by atoms with van der Waals surface area (Å²) < 4.78 is 13.0. The van der Waals surface area contributed by atoms with Crippen molar-refractivity contribution < 1.29 is 19.1 Å². The van der Waals surface area contributed by atoms with Crippen LogP contribution in [0.15, 0.2) is 18.2 Å². The Balaban J connectivity index is 2.13. The number of carboxylic acids is 1. The molecule has 0 radical (unpaired) electrons. The SMILES string of the molecule is O=C(O)c1cc(F)ccc1NC(=O)C1CCCCS1. The van der Waals surface area contributed by atoms with E-state index in [-0.39, 0.29) is 22.4 Å². The number of halogens is 1. The molecule has 1 heterocycles. The molecule has 0 bridgehead atoms. The van der Waals surface area contributed by atoms with E-state index in [2.05, 4.69) is 5.32 Å². The fourth-order valence-electron chi connectivity index (χ4n) is 1.96. The Morgan fingerprint density at radius 2 is 2.16 bits per heavy atom. The third-order valence-corrected chi connectivity index (χ3v) is 4.32. The quantitative estimate of drug-likeness (QED) is 0.895. The minimum atomic E-state index is -1.26. The van der Waals surface area contributed by atoms with E-state index in [1.165, 1.54) is 6.07 Å². The van der Waals surface area contributed by atoms with Crippen LogP contribution in [-0.2, 0) is 4.79 Å². The van der Waals surface area contributed by atoms with Crippen molar-refractivity contribution >= 4 is 29.3 Å². The van der Waals surface area contributed by atoms with Crippen LogP contribution in [0.2, 0.25) is 0 Å². The van der Waals surface area contributed by atoms with Gasteiger partial charge in [0.2, 0.25) is 5.91 Å². The number of amides is 1. The maximum Gasteiger partial charge on any atom is 0.337 e. The Morgan fingerprint density at radius 3 is 2.79 bits per heavy atom. The van der Waals surface area contributed by atoms with Gasteiger partial charge in [-0.25, -0.2) is 9.18 Å². The molecule has 2 rings (SSSR count). The van der Waals surface area contributed by atoms with Crippen molar-refractivity contribution in [3.8, 4) is 0 Å². The smallest absolute Gasteiger partial charge is 0.337 e. The number of carbonyl (C=O) groups excluding carboxylic acids is 1. The van der Waals surface area contributed by atoms with Gasteiger partial charge in [-0.2, -0.15) is 0 Å². The summed E-state index contributed by atoms with van der Waals surface area (Å²) in [6.07, 6.45) is 2.89. The third-order valence-electron chi connectivity index (χ3n) is 2.94. The fourth-order valence-corrected chi connectivity index (χ4v) is 3.16. The molecule has 1 fully saturated rings. The van der Waals surface area contributed by atoms with Crippen molar-refractivity contribution in [1.82, 2.24) is 0 Å². The number of thioether (sulfide) groups is 1. The van der Waals surface area contributed by atoms with Crippen molar-refractivity contribution in [3.05, 3.63) is 29.6 Å². The number of nitrogens with one attached hydrogen (secondary N) is 1. The standard InChI is InChI=1S/C13H14FNO3S/c14-8-4-5-10(9(7-8)13(17)18)15-12(16)11-3-1-2-6-19-11/h4-5,7,11H,1-3,6H2,(H,15,16)(H,17,18). The van der Waals surface area contributed by atoms with Crippen LogP contribution in [0.5, 0.6) is 0 Å². The van der Waals surface area contributed by atoms with E-state index < -0.39 is 11.8 Å². The number of benzene rings is 1. The number of rotatable bonds is 3. The molecular formula is C13H14FNO3S. The lowest BCUT2D eigenvalue weighted by Gasteiger charge is -2.20. The maximum atomic E-state index is 13.0. The maximum absolute atomic E-state index is 13.0. The molecule has 1 atom stereocenters. The highest BCUT2D eigenvalue weighted by Crippen LogP contribution is 2.27. The highest BCUT2D eigenvalue weighted by molar-refractivity contribution is 8.00. The van der Waals surface area contributed by atoms with E-state index in [0.29, 0.717) is 0 Å². The van der Waals surface area contributed by atoms with Crippen molar-refractivity contribution in [1.29, 1.82) is 0 Å². The number of aromatic carboxylic acids is 1. The van der Waals surface area contributed by atoms with Gasteiger partial charge in [0.15, 0.2) is 0 Å². The van der Waals surface area contributed by atoms with Crippen LogP contribution in [0.1, 0.15) is 29.6 Å². The first-order chi connectivity index (χ1) is 9.08. The summed E-state index contributed by atoms with van der Waals surface area (Å²) in [5, 5.41) is 11.4. The normalized spacial score (nSPS) is 18.9. The largest absolute Gasteiger partial charge is 0.478 e. The van der Waals surface area contributed by atoms with E-state index >= 15 is 0 Å². The molecule has 0 aliphatic carbocycles. The predicted molar refractivity (Wildman–Crippen MR) is 72.1 cm³/mol. The van der Waals surface area contributed by atoms with E-state index in [0.717, 1.165) is 37.1 Å². The average molecular weight is 283 g/mol. The second-order valence-electron chi connectivity index (χ2n) is 4.34. The van der Waals surface area contributed by atoms with Gasteiger partial charge < -0.3 is 10.4 Å². The average Bonchev–Trinajstić information content (AvgIpc) is 2.41. The van der Waals surface area contributed by atoms with Crippen LogP contribution in [0, 0.1) is 5.82 Å². The number of hydrogen-bond acceptors (Lipinski definition) is 3. The number of carboxylic acid groups (broad SMARTS) is 1. The van der Waals surface area contributed by atoms with Crippen LogP contribution in [0.4, 0.5) is 10.1 Å². The van der Waals surface area contributed by atoms with Crippen LogP contribution in [0.3, 0.4) is 0 Å². The molecule has 1 aromatic rings. The Bertz CT molecular complexity index is 501. The van der Waals surface area contributed by atoms with E-state index in [4.69, 9.17) is 5.11 Å². The third kappa shape index (κ3) is 3.47. The zero-order valence-electron chi connectivity index (χ0n) is 10.2. The van der Waals surface area contributed by atoms with E-state index in [1.54, 1.807) is 11.8 Å². The molecule has 19 heavy (non-hydrogen) atoms. The minimum Gasteiger partial charge on any atom is -0.478 e. The van der Waals surface area contributed by atoms with Gasteiger partial charge in [-0.15, -0.1) is 11.8 Å². The summed E-state index contributed by atoms with van der Waals surface area (Å²) in [4.78, 5) is 23.0. The van der Waals surface area contributed by atoms with E-state index in [9.17, 15) is 14.0 Å². The molecule has 1 aliphatic heterocycles. The minimum absolute atomic E-state index is 0.144. The molecule has 102 valence electrons. The molecule has 1 aliphatic rings. The highest BCUT2D eigenvalue weighted by Gasteiger charge is 2.23. The van der Waals surface area contributed by atoms with Gasteiger partial charge in [0, 0.05) is 0 Å². The summed E-state index contributed by atoms with van der Waals surface area (Å²) in [7, 11) is 0. The Kier molecular flexibility index (Phi) is 4.42. The highest BCUT2D eigenvalue weighted by atomic mass is 32.2. The molecule has 1 saturated heterocycles. The first-order valence-electron chi connectivity index (χ1n) is 6.03. The lowest BCUT2D eigenvalue weighted by molar-refractivity contribution is -0.115. The lowest BCUT2D eigenvalue weighted by Crippen LogP contribution is -2.28. The molecule has 1 aromatic carbocycles. The molecule has 1 amide bonds. The summed E-state index contributed by atoms with van der Waals surface area (Å²) in [5.41, 5.74) is -0.0840. The van der Waals surface area contributed by atoms with Crippen molar-refractivity contribution in [2.75, 3.05) is 11.1 Å². The van der Waals surface area contributed by atoms with E-state index in [1.807, 2.05) is 0 Å². The summed E-state index contributed by atoms with van der Waals surface area (Å²) in [6, 6.07) is 3.33. The molecule has 1 unspecified atom stereocenters. The number of carbonyl (C=O) groups is 2. The summed E-state index contributed by atoms with van der Waals surface area (Å²) >= 11 is 1.57. The van der Waals surface area contributed by atoms with Crippen molar-refractivity contribution in [3.63, 3.8) is 0 Å². The van der Waals surface area contributed by atoms with Crippen LogP contribution in [0.25, 0.3) is 0 Å². The summed E-state index contributed by atoms with van der Waals surface area (Å²) in [6.45, 7) is 0. The van der Waals surface area contributed by atoms with Gasteiger partial charge in [-0.1, -0.05) is 6.42 Å². The van der Waals surface area contributed by atoms with Gasteiger partial charge in [0.25, 0.3) is 0 Å². The first kappa shape index (κ1) is 13.9. The zero-order valence-corrected chi connectivity index (χ0v) is 11.0. The van der Waals surface area contributed by atoms with Gasteiger partial charge >= 0.3 is 5.97 Å². The molecule has 0 saturated carbocycles. The summed E-state index contributed by atoms with van der Waals surface area (Å²) in [5.74, 6) is -1.17. The van der Waals surface area contributed by atoms with Gasteiger partial charge in [-0.3, -0.25) is 4.79 Å². The molecule has 2 N–H and O–H groups in total. The van der Waals surface area contributed by atoms with Crippen LogP contribution < -0.4 is 5.32 Å². The second kappa shape index (κ2) is 6.06. The first-order valence-corrected chi connectivity index (χ1v) is 7.08. The second-order valence-corrected chi connectivity index (χ2v) is 5.65. The molecule has 0 aromatic heterocycles. The zero-order chi connectivity index (χ0) is 13.8. The number of hydrogen-bond donors (Lipinski definition) is 2. The monoisotopic (exact) mass is 283 g/mol. The lowest BCUT2D eigenvalue weighted by atomic mass is 10.1. The van der Waals surface area contributed by atoms with Crippen LogP contribution >= 0.6 is 11.8 Å². The van der Waals surface area contributed by atoms with Gasteiger partial charge in [0.1, 0.15) is 5.82 Å².